The molecule has 1 saturated heterocycles. The number of aliphatic carboxylic acids is 1. The third-order valence-corrected chi connectivity index (χ3v) is 1.36. The van der Waals surface area contributed by atoms with E-state index >= 15 is 0 Å². The quantitative estimate of drug-likeness (QED) is 0.278. The van der Waals surface area contributed by atoms with Gasteiger partial charge in [0.2, 0.25) is 0 Å². The summed E-state index contributed by atoms with van der Waals surface area (Å²) in [7, 11) is -5.17. The van der Waals surface area contributed by atoms with Gasteiger partial charge >= 0.3 is 109 Å². The van der Waals surface area contributed by atoms with Crippen LogP contribution in [0.2, 0.25) is 0 Å². The molecule has 15 heavy (non-hydrogen) atoms. The van der Waals surface area contributed by atoms with Gasteiger partial charge in [0.1, 0.15) is 6.04 Å². The Kier molecular flexibility index (Phi) is 17.7. The van der Waals surface area contributed by atoms with Crippen LogP contribution in [0.4, 0.5) is 0 Å². The second kappa shape index (κ2) is 11.7. The molecular weight excluding hydrogens is 280 g/mol. The molecule has 0 radical (unpaired) electrons. The van der Waals surface area contributed by atoms with E-state index < -0.39 is 16.4 Å². The Bertz CT molecular complexity index is 255. The van der Waals surface area contributed by atoms with Gasteiger partial charge in [-0.2, -0.15) is 0 Å². The normalized spacial score (nSPS) is 18.9. The molecule has 0 spiro atoms. The molecule has 0 saturated carbocycles. The van der Waals surface area contributed by atoms with Crippen molar-refractivity contribution >= 4 is 16.4 Å². The summed E-state index contributed by atoms with van der Waals surface area (Å²) < 4.78 is 34.1. The Morgan fingerprint density at radius 1 is 1.33 bits per heavy atom. The van der Waals surface area contributed by atoms with E-state index in [1.54, 1.807) is 0 Å². The van der Waals surface area contributed by atoms with Gasteiger partial charge in [0.25, 0.3) is 0 Å². The van der Waals surface area contributed by atoms with Gasteiger partial charge in [0.15, 0.2) is 0 Å². The summed E-state index contributed by atoms with van der Waals surface area (Å²) in [6.07, 6.45) is 1.78. The molecule has 0 aliphatic carbocycles. The summed E-state index contributed by atoms with van der Waals surface area (Å²) in [6.45, 7) is 0.858. The van der Waals surface area contributed by atoms with Crippen molar-refractivity contribution in [2.45, 2.75) is 18.9 Å². The number of hydrogen-bond acceptors (Lipinski definition) is 6. The largest absolute Gasteiger partial charge is 1.00 e. The first-order chi connectivity index (χ1) is 5.80. The zero-order valence-electron chi connectivity index (χ0n) is 8.60. The third kappa shape index (κ3) is 19.1. The van der Waals surface area contributed by atoms with Crippen molar-refractivity contribution in [3.05, 3.63) is 0 Å². The topological polar surface area (TPSA) is 130 Å². The number of nitrogens with one attached hydrogen (secondary N) is 1. The average Bonchev–Trinajstić information content (AvgIpc) is 2.31. The summed E-state index contributed by atoms with van der Waals surface area (Å²) in [5.41, 5.74) is 0. The third-order valence-electron chi connectivity index (χ3n) is 1.36. The van der Waals surface area contributed by atoms with Crippen molar-refractivity contribution in [3.63, 3.8) is 0 Å². The predicted octanol–water partition coefficient (Wildman–Crippen LogP) is -7.51. The number of hydrogen-bond donors (Lipinski definition) is 2. The molecule has 1 rings (SSSR count). The van der Waals surface area contributed by atoms with Gasteiger partial charge in [0, 0.05) is 10.4 Å². The first-order valence-corrected chi connectivity index (χ1v) is 4.77. The van der Waals surface area contributed by atoms with Crippen LogP contribution in [0.3, 0.4) is 0 Å². The van der Waals surface area contributed by atoms with Crippen molar-refractivity contribution in [2.75, 3.05) is 6.54 Å². The minimum atomic E-state index is -5.17. The fourth-order valence-electron chi connectivity index (χ4n) is 0.895. The summed E-state index contributed by atoms with van der Waals surface area (Å²) in [5, 5.41) is 11.2. The van der Waals surface area contributed by atoms with E-state index in [4.69, 9.17) is 22.6 Å². The first-order valence-electron chi connectivity index (χ1n) is 3.43. The number of carboxylic acids is 1. The smallest absolute Gasteiger partial charge is 0.759 e. The molecular formula is C5H9K2NO6S. The maximum atomic E-state index is 10.1. The molecule has 0 bridgehead atoms. The van der Waals surface area contributed by atoms with Crippen LogP contribution in [-0.2, 0) is 15.2 Å². The second-order valence-corrected chi connectivity index (χ2v) is 3.21. The predicted molar refractivity (Wildman–Crippen MR) is 39.1 cm³/mol. The van der Waals surface area contributed by atoms with Gasteiger partial charge in [-0.05, 0) is 19.4 Å². The molecule has 1 fully saturated rings. The van der Waals surface area contributed by atoms with Gasteiger partial charge in [-0.15, -0.1) is 0 Å². The Labute approximate surface area is 173 Å². The molecule has 1 aliphatic heterocycles. The van der Waals surface area contributed by atoms with Crippen LogP contribution in [0.15, 0.2) is 0 Å². The van der Waals surface area contributed by atoms with Crippen LogP contribution in [0.25, 0.3) is 0 Å². The van der Waals surface area contributed by atoms with Gasteiger partial charge < -0.3 is 19.5 Å². The van der Waals surface area contributed by atoms with Crippen LogP contribution in [0, 0.1) is 0 Å². The minimum absolute atomic E-state index is 0. The van der Waals surface area contributed by atoms with Gasteiger partial charge in [-0.3, -0.25) is 13.2 Å². The van der Waals surface area contributed by atoms with E-state index in [2.05, 4.69) is 5.32 Å². The van der Waals surface area contributed by atoms with Crippen molar-refractivity contribution in [3.8, 4) is 0 Å². The van der Waals surface area contributed by atoms with Crippen LogP contribution >= 0.6 is 0 Å². The van der Waals surface area contributed by atoms with Crippen molar-refractivity contribution in [2.24, 2.45) is 0 Å². The molecule has 1 heterocycles. The van der Waals surface area contributed by atoms with Crippen molar-refractivity contribution in [1.29, 1.82) is 0 Å². The Morgan fingerprint density at radius 2 is 1.73 bits per heavy atom. The van der Waals surface area contributed by atoms with E-state index in [1.807, 2.05) is 0 Å². The van der Waals surface area contributed by atoms with E-state index in [-0.39, 0.29) is 109 Å². The Hall–Kier alpha value is 2.57. The number of carbonyl (C=O) groups is 1. The Balaban J connectivity index is -0.000000185. The fraction of sp³-hybridized carbons (Fsp3) is 0.800. The first kappa shape index (κ1) is 22.7. The maximum absolute atomic E-state index is 10.1. The molecule has 10 heteroatoms. The SMILES string of the molecule is O=C(O)[C@@H]1CCCN1.O=S(=O)([O-])[O-].[K+].[K+]. The molecule has 0 aromatic rings. The van der Waals surface area contributed by atoms with Crippen LogP contribution in [0.1, 0.15) is 12.8 Å². The van der Waals surface area contributed by atoms with E-state index in [9.17, 15) is 4.79 Å². The van der Waals surface area contributed by atoms with E-state index in [1.165, 1.54) is 0 Å². The summed E-state index contributed by atoms with van der Waals surface area (Å²) in [5.74, 6) is -0.720. The maximum Gasteiger partial charge on any atom is 1.00 e. The summed E-state index contributed by atoms with van der Waals surface area (Å²) in [6, 6.07) is -0.269. The zero-order chi connectivity index (χ0) is 10.5. The molecule has 1 atom stereocenters. The summed E-state index contributed by atoms with van der Waals surface area (Å²) >= 11 is 0. The Morgan fingerprint density at radius 3 is 1.87 bits per heavy atom. The molecule has 0 unspecified atom stereocenters. The monoisotopic (exact) mass is 289 g/mol. The number of rotatable bonds is 1. The molecule has 0 amide bonds. The van der Waals surface area contributed by atoms with E-state index in [0.717, 1.165) is 19.4 Å². The number of carboxylic acid groups (broad SMARTS) is 1. The zero-order valence-corrected chi connectivity index (χ0v) is 15.7. The van der Waals surface area contributed by atoms with Gasteiger partial charge in [-0.1, -0.05) is 0 Å². The standard InChI is InChI=1S/C5H9NO2.2K.H2O4S/c7-5(8)4-2-1-3-6-4;;;1-5(2,3)4/h4,6H,1-3H2,(H,7,8);;;(H2,1,2,3,4)/q;2*+1;/p-2/t4-;;;/m0.../s1. The molecule has 1 aliphatic rings. The van der Waals surface area contributed by atoms with Gasteiger partial charge in [0.05, 0.1) is 0 Å². The molecule has 0 aromatic heterocycles. The van der Waals surface area contributed by atoms with E-state index in [0.29, 0.717) is 0 Å². The molecule has 2 N–H and O–H groups in total. The van der Waals surface area contributed by atoms with Crippen LogP contribution in [0.5, 0.6) is 0 Å². The minimum Gasteiger partial charge on any atom is -0.759 e. The molecule has 78 valence electrons. The van der Waals surface area contributed by atoms with Crippen molar-refractivity contribution < 1.29 is 130 Å². The fourth-order valence-corrected chi connectivity index (χ4v) is 0.895. The average molecular weight is 289 g/mol. The van der Waals surface area contributed by atoms with Crippen LogP contribution < -0.4 is 108 Å². The van der Waals surface area contributed by atoms with Gasteiger partial charge in [-0.25, -0.2) is 0 Å². The molecule has 7 nitrogen and oxygen atoms in total. The van der Waals surface area contributed by atoms with Crippen LogP contribution in [-0.4, -0.2) is 41.2 Å². The second-order valence-electron chi connectivity index (χ2n) is 2.40. The molecule has 0 aromatic carbocycles. The van der Waals surface area contributed by atoms with Crippen molar-refractivity contribution in [1.82, 2.24) is 5.32 Å². The summed E-state index contributed by atoms with van der Waals surface area (Å²) in [4.78, 5) is 10.1.